The fourth-order valence-electron chi connectivity index (χ4n) is 2.29. The summed E-state index contributed by atoms with van der Waals surface area (Å²) in [5, 5.41) is 2.53. The van der Waals surface area contributed by atoms with Crippen molar-refractivity contribution in [3.05, 3.63) is 54.1 Å². The maximum atomic E-state index is 12.0. The summed E-state index contributed by atoms with van der Waals surface area (Å²) in [5.74, 6) is -0.673. The molecule has 0 bridgehead atoms. The van der Waals surface area contributed by atoms with E-state index in [2.05, 4.69) is 5.32 Å². The Kier molecular flexibility index (Phi) is 8.50. The molecule has 2 aromatic carbocycles. The van der Waals surface area contributed by atoms with Crippen molar-refractivity contribution in [2.45, 2.75) is 13.8 Å². The normalized spacial score (nSPS) is 10.0. The van der Waals surface area contributed by atoms with Crippen LogP contribution in [0.1, 0.15) is 24.2 Å². The molecule has 0 atom stereocenters. The van der Waals surface area contributed by atoms with Crippen LogP contribution in [-0.2, 0) is 19.1 Å². The van der Waals surface area contributed by atoms with Gasteiger partial charge in [-0.15, -0.1) is 0 Å². The van der Waals surface area contributed by atoms with Crippen LogP contribution in [0.3, 0.4) is 0 Å². The quantitative estimate of drug-likeness (QED) is 0.611. The van der Waals surface area contributed by atoms with Crippen molar-refractivity contribution < 1.29 is 33.3 Å². The lowest BCUT2D eigenvalue weighted by Crippen LogP contribution is -2.24. The minimum atomic E-state index is -0.701. The van der Waals surface area contributed by atoms with Gasteiger partial charge in [-0.2, -0.15) is 0 Å². The fourth-order valence-corrected chi connectivity index (χ4v) is 2.29. The number of amides is 1. The number of hydrogen-bond donors (Lipinski definition) is 1. The Morgan fingerprint density at radius 2 is 1.45 bits per heavy atom. The van der Waals surface area contributed by atoms with Gasteiger partial charge in [0.2, 0.25) is 0 Å². The predicted octanol–water partition coefficient (Wildman–Crippen LogP) is 2.82. The van der Waals surface area contributed by atoms with Crippen LogP contribution < -0.4 is 14.8 Å². The average Bonchev–Trinajstić information content (AvgIpc) is 2.72. The second-order valence-corrected chi connectivity index (χ2v) is 5.67. The molecule has 0 fully saturated rings. The number of carbonyl (C=O) groups is 3. The highest BCUT2D eigenvalue weighted by molar-refractivity contribution is 6.01. The lowest BCUT2D eigenvalue weighted by molar-refractivity contribution is -0.149. The van der Waals surface area contributed by atoms with Crippen molar-refractivity contribution in [1.29, 1.82) is 0 Å². The first-order valence-electron chi connectivity index (χ1n) is 9.10. The van der Waals surface area contributed by atoms with Crippen LogP contribution in [0, 0.1) is 0 Å². The molecule has 0 radical (unpaired) electrons. The molecule has 0 saturated carbocycles. The molecule has 29 heavy (non-hydrogen) atoms. The third-order valence-electron chi connectivity index (χ3n) is 3.55. The molecule has 8 heteroatoms. The Morgan fingerprint density at radius 3 is 2.10 bits per heavy atom. The zero-order valence-electron chi connectivity index (χ0n) is 16.3. The van der Waals surface area contributed by atoms with Crippen molar-refractivity contribution in [1.82, 2.24) is 0 Å². The Hall–Kier alpha value is -3.55. The third kappa shape index (κ3) is 7.17. The lowest BCUT2D eigenvalue weighted by Gasteiger charge is -2.11. The highest BCUT2D eigenvalue weighted by Gasteiger charge is 2.15. The van der Waals surface area contributed by atoms with Crippen LogP contribution in [0.15, 0.2) is 48.5 Å². The number of anilines is 1. The summed E-state index contributed by atoms with van der Waals surface area (Å²) in [6, 6.07) is 13.2. The summed E-state index contributed by atoms with van der Waals surface area (Å²) in [6.45, 7) is 3.48. The zero-order valence-corrected chi connectivity index (χ0v) is 16.3. The standard InChI is InChI=1S/C21H23NO7/c1-3-26-15-9-11-16(12-10-15)28-14-20(24)29-13-19(23)22-18-8-6-5-7-17(18)21(25)27-4-2/h5-12H,3-4,13-14H2,1-2H3,(H,22,23). The number of ether oxygens (including phenoxy) is 4. The van der Waals surface area contributed by atoms with Gasteiger partial charge in [0.25, 0.3) is 5.91 Å². The van der Waals surface area contributed by atoms with E-state index in [-0.39, 0.29) is 24.5 Å². The molecule has 1 amide bonds. The van der Waals surface area contributed by atoms with Gasteiger partial charge in [-0.05, 0) is 50.2 Å². The van der Waals surface area contributed by atoms with Crippen LogP contribution in [-0.4, -0.2) is 44.3 Å². The molecule has 0 saturated heterocycles. The zero-order chi connectivity index (χ0) is 21.1. The number of nitrogens with one attached hydrogen (secondary N) is 1. The van der Waals surface area contributed by atoms with E-state index in [1.807, 2.05) is 6.92 Å². The number of para-hydroxylation sites is 1. The lowest BCUT2D eigenvalue weighted by atomic mass is 10.2. The van der Waals surface area contributed by atoms with Crippen LogP contribution in [0.5, 0.6) is 11.5 Å². The van der Waals surface area contributed by atoms with Crippen LogP contribution in [0.2, 0.25) is 0 Å². The van der Waals surface area contributed by atoms with Gasteiger partial charge in [-0.25, -0.2) is 9.59 Å². The molecule has 1 N–H and O–H groups in total. The maximum Gasteiger partial charge on any atom is 0.344 e. The Labute approximate surface area is 168 Å². The van der Waals surface area contributed by atoms with E-state index in [1.165, 1.54) is 6.07 Å². The SMILES string of the molecule is CCOC(=O)c1ccccc1NC(=O)COC(=O)COc1ccc(OCC)cc1. The van der Waals surface area contributed by atoms with Crippen LogP contribution in [0.25, 0.3) is 0 Å². The van der Waals surface area contributed by atoms with Crippen LogP contribution >= 0.6 is 0 Å². The van der Waals surface area contributed by atoms with Crippen molar-refractivity contribution in [2.24, 2.45) is 0 Å². The second kappa shape index (κ2) is 11.3. The van der Waals surface area contributed by atoms with E-state index in [1.54, 1.807) is 49.4 Å². The summed E-state index contributed by atoms with van der Waals surface area (Å²) in [7, 11) is 0. The Morgan fingerprint density at radius 1 is 0.793 bits per heavy atom. The fraction of sp³-hybridized carbons (Fsp3) is 0.286. The van der Waals surface area contributed by atoms with Crippen molar-refractivity contribution >= 4 is 23.5 Å². The topological polar surface area (TPSA) is 100 Å². The Balaban J connectivity index is 1.79. The van der Waals surface area contributed by atoms with E-state index in [0.717, 1.165) is 0 Å². The van der Waals surface area contributed by atoms with Gasteiger partial charge in [-0.1, -0.05) is 12.1 Å². The predicted molar refractivity (Wildman–Crippen MR) is 105 cm³/mol. The van der Waals surface area contributed by atoms with E-state index in [0.29, 0.717) is 18.1 Å². The van der Waals surface area contributed by atoms with Gasteiger partial charge in [-0.3, -0.25) is 4.79 Å². The molecule has 8 nitrogen and oxygen atoms in total. The van der Waals surface area contributed by atoms with Gasteiger partial charge in [0, 0.05) is 0 Å². The number of benzene rings is 2. The van der Waals surface area contributed by atoms with Crippen molar-refractivity contribution in [2.75, 3.05) is 31.7 Å². The van der Waals surface area contributed by atoms with E-state index >= 15 is 0 Å². The van der Waals surface area contributed by atoms with Crippen molar-refractivity contribution in [3.8, 4) is 11.5 Å². The molecule has 0 aromatic heterocycles. The van der Waals surface area contributed by atoms with E-state index in [4.69, 9.17) is 18.9 Å². The van der Waals surface area contributed by atoms with Gasteiger partial charge >= 0.3 is 11.9 Å². The second-order valence-electron chi connectivity index (χ2n) is 5.67. The van der Waals surface area contributed by atoms with E-state index in [9.17, 15) is 14.4 Å². The minimum absolute atomic E-state index is 0.215. The summed E-state index contributed by atoms with van der Waals surface area (Å²) in [6.07, 6.45) is 0. The van der Waals surface area contributed by atoms with Crippen LogP contribution in [0.4, 0.5) is 5.69 Å². The molecule has 2 aromatic rings. The molecule has 2 rings (SSSR count). The molecular weight excluding hydrogens is 378 g/mol. The molecule has 0 spiro atoms. The highest BCUT2D eigenvalue weighted by atomic mass is 16.6. The molecule has 0 aliphatic heterocycles. The first-order valence-corrected chi connectivity index (χ1v) is 9.10. The summed E-state index contributed by atoms with van der Waals surface area (Å²) in [4.78, 5) is 35.7. The number of rotatable bonds is 10. The van der Waals surface area contributed by atoms with Gasteiger partial charge < -0.3 is 24.3 Å². The average molecular weight is 401 g/mol. The minimum Gasteiger partial charge on any atom is -0.494 e. The largest absolute Gasteiger partial charge is 0.494 e. The molecule has 0 aliphatic rings. The molecule has 154 valence electrons. The molecule has 0 heterocycles. The van der Waals surface area contributed by atoms with Gasteiger partial charge in [0.1, 0.15) is 11.5 Å². The molecule has 0 unspecified atom stereocenters. The number of carbonyl (C=O) groups excluding carboxylic acids is 3. The molecule has 0 aliphatic carbocycles. The highest BCUT2D eigenvalue weighted by Crippen LogP contribution is 2.18. The first kappa shape index (κ1) is 21.7. The summed E-state index contributed by atoms with van der Waals surface area (Å²) in [5.41, 5.74) is 0.491. The number of hydrogen-bond acceptors (Lipinski definition) is 7. The first-order chi connectivity index (χ1) is 14.0. The smallest absolute Gasteiger partial charge is 0.344 e. The Bertz CT molecular complexity index is 833. The summed E-state index contributed by atoms with van der Waals surface area (Å²) >= 11 is 0. The molecular formula is C21H23NO7. The third-order valence-corrected chi connectivity index (χ3v) is 3.55. The van der Waals surface area contributed by atoms with Gasteiger partial charge in [0.05, 0.1) is 24.5 Å². The monoisotopic (exact) mass is 401 g/mol. The summed E-state index contributed by atoms with van der Waals surface area (Å²) < 4.78 is 20.5. The maximum absolute atomic E-state index is 12.0. The van der Waals surface area contributed by atoms with Crippen molar-refractivity contribution in [3.63, 3.8) is 0 Å². The van der Waals surface area contributed by atoms with Gasteiger partial charge in [0.15, 0.2) is 13.2 Å². The number of esters is 2. The van der Waals surface area contributed by atoms with E-state index < -0.39 is 24.5 Å².